The zero-order valence-electron chi connectivity index (χ0n) is 19.7. The number of piperidine rings is 2. The van der Waals surface area contributed by atoms with Gasteiger partial charge in [-0.25, -0.2) is 4.39 Å². The summed E-state index contributed by atoms with van der Waals surface area (Å²) in [6, 6.07) is 10.8. The van der Waals surface area contributed by atoms with E-state index in [9.17, 15) is 22.4 Å². The molecule has 4 rings (SSSR count). The maximum absolute atomic E-state index is 14.6. The van der Waals surface area contributed by atoms with Gasteiger partial charge < -0.3 is 15.0 Å². The smallest absolute Gasteiger partial charge is 0.356 e. The largest absolute Gasteiger partial charge is 0.430 e. The zero-order valence-corrected chi connectivity index (χ0v) is 21.3. The van der Waals surface area contributed by atoms with E-state index in [0.29, 0.717) is 29.4 Å². The van der Waals surface area contributed by atoms with E-state index in [0.717, 1.165) is 25.6 Å². The van der Waals surface area contributed by atoms with Gasteiger partial charge in [0.15, 0.2) is 0 Å². The molecule has 2 aliphatic rings. The van der Waals surface area contributed by atoms with Crippen molar-refractivity contribution in [3.63, 3.8) is 0 Å². The standard InChI is InChI=1S/C26H29BrF4N2O2/c1-17-13-19(15-20(27)14-17)25(35-2,26(29,30)31)23(34)33-11-8-24(9-12-33)7-10-32-16-22(24)18-3-5-21(28)6-4-18/h3-6,13-15,22,32H,7-12,16H2,1-2H3/t22-,25+/m0/s1. The van der Waals surface area contributed by atoms with Gasteiger partial charge in [-0.2, -0.15) is 13.2 Å². The van der Waals surface area contributed by atoms with Gasteiger partial charge in [-0.15, -0.1) is 0 Å². The molecular formula is C26H29BrF4N2O2. The van der Waals surface area contributed by atoms with Crippen LogP contribution in [0.1, 0.15) is 41.9 Å². The van der Waals surface area contributed by atoms with Crippen LogP contribution in [0.25, 0.3) is 0 Å². The van der Waals surface area contributed by atoms with Gasteiger partial charge in [-0.3, -0.25) is 4.79 Å². The fourth-order valence-electron chi connectivity index (χ4n) is 5.79. The SMILES string of the molecule is CO[C@@](C(=O)N1CCC2(CCNC[C@H]2c2ccc(F)cc2)CC1)(c1cc(C)cc(Br)c1)C(F)(F)F. The lowest BCUT2D eigenvalue weighted by molar-refractivity contribution is -0.271. The molecule has 0 bridgehead atoms. The average molecular weight is 557 g/mol. The van der Waals surface area contributed by atoms with Crippen LogP contribution in [-0.4, -0.2) is 50.3 Å². The Morgan fingerprint density at radius 1 is 1.11 bits per heavy atom. The molecule has 0 aliphatic carbocycles. The van der Waals surface area contributed by atoms with Gasteiger partial charge in [0.25, 0.3) is 11.5 Å². The molecule has 2 aromatic carbocycles. The Bertz CT molecular complexity index is 1050. The molecule has 0 aromatic heterocycles. The van der Waals surface area contributed by atoms with Crippen molar-refractivity contribution in [1.82, 2.24) is 10.2 Å². The number of halogens is 5. The van der Waals surface area contributed by atoms with E-state index in [4.69, 9.17) is 4.74 Å². The Balaban J connectivity index is 1.62. The van der Waals surface area contributed by atoms with Crippen LogP contribution < -0.4 is 5.32 Å². The second-order valence-corrected chi connectivity index (χ2v) is 10.5. The topological polar surface area (TPSA) is 41.6 Å². The van der Waals surface area contributed by atoms with Crippen molar-refractivity contribution in [2.75, 3.05) is 33.3 Å². The second kappa shape index (κ2) is 9.82. The first kappa shape index (κ1) is 26.1. The predicted molar refractivity (Wildman–Crippen MR) is 128 cm³/mol. The molecule has 9 heteroatoms. The number of aryl methyl sites for hydroxylation is 1. The van der Waals surface area contributed by atoms with Crippen molar-refractivity contribution in [3.05, 3.63) is 69.4 Å². The quantitative estimate of drug-likeness (QED) is 0.492. The minimum absolute atomic E-state index is 0.0941. The van der Waals surface area contributed by atoms with E-state index in [2.05, 4.69) is 21.2 Å². The molecule has 2 aliphatic heterocycles. The zero-order chi connectivity index (χ0) is 25.4. The number of likely N-dealkylation sites (tertiary alicyclic amines) is 1. The van der Waals surface area contributed by atoms with Gasteiger partial charge >= 0.3 is 6.18 Å². The molecule has 2 aromatic rings. The minimum atomic E-state index is -4.95. The summed E-state index contributed by atoms with van der Waals surface area (Å²) in [5.41, 5.74) is -1.90. The molecule has 0 saturated carbocycles. The van der Waals surface area contributed by atoms with Crippen molar-refractivity contribution in [2.45, 2.75) is 43.9 Å². The molecule has 2 heterocycles. The van der Waals surface area contributed by atoms with Crippen molar-refractivity contribution in [1.29, 1.82) is 0 Å². The highest BCUT2D eigenvalue weighted by Crippen LogP contribution is 2.50. The Labute approximate surface area is 211 Å². The van der Waals surface area contributed by atoms with Crippen LogP contribution >= 0.6 is 15.9 Å². The van der Waals surface area contributed by atoms with E-state index in [-0.39, 0.29) is 35.8 Å². The lowest BCUT2D eigenvalue weighted by Gasteiger charge is -2.50. The normalized spacial score (nSPS) is 22.1. The van der Waals surface area contributed by atoms with Gasteiger partial charge in [0.2, 0.25) is 0 Å². The van der Waals surface area contributed by atoms with Crippen molar-refractivity contribution >= 4 is 21.8 Å². The third-order valence-electron chi connectivity index (χ3n) is 7.66. The number of carbonyl (C=O) groups excluding carboxylic acids is 1. The summed E-state index contributed by atoms with van der Waals surface area (Å²) in [4.78, 5) is 14.9. The second-order valence-electron chi connectivity index (χ2n) is 9.61. The summed E-state index contributed by atoms with van der Waals surface area (Å²) in [6.45, 7) is 3.58. The predicted octanol–water partition coefficient (Wildman–Crippen LogP) is 5.69. The molecule has 35 heavy (non-hydrogen) atoms. The maximum atomic E-state index is 14.6. The molecule has 4 nitrogen and oxygen atoms in total. The van der Waals surface area contributed by atoms with Gasteiger partial charge in [0.05, 0.1) is 0 Å². The van der Waals surface area contributed by atoms with Crippen LogP contribution in [0.15, 0.2) is 46.9 Å². The number of rotatable bonds is 4. The maximum Gasteiger partial charge on any atom is 0.430 e. The van der Waals surface area contributed by atoms with Crippen LogP contribution in [0.3, 0.4) is 0 Å². The summed E-state index contributed by atoms with van der Waals surface area (Å²) < 4.78 is 62.7. The summed E-state index contributed by atoms with van der Waals surface area (Å²) in [5, 5.41) is 3.39. The van der Waals surface area contributed by atoms with Crippen LogP contribution in [0.4, 0.5) is 17.6 Å². The lowest BCUT2D eigenvalue weighted by Crippen LogP contribution is -2.59. The molecule has 2 atom stereocenters. The van der Waals surface area contributed by atoms with Gasteiger partial charge in [-0.1, -0.05) is 34.1 Å². The van der Waals surface area contributed by atoms with E-state index < -0.39 is 17.7 Å². The van der Waals surface area contributed by atoms with E-state index in [1.807, 2.05) is 0 Å². The summed E-state index contributed by atoms with van der Waals surface area (Å²) in [7, 11) is 0.935. The number of amides is 1. The number of benzene rings is 2. The molecule has 1 amide bonds. The molecule has 190 valence electrons. The fraction of sp³-hybridized carbons (Fsp3) is 0.500. The Hall–Kier alpha value is -1.97. The molecule has 1 N–H and O–H groups in total. The molecular weight excluding hydrogens is 528 g/mol. The highest BCUT2D eigenvalue weighted by atomic mass is 79.9. The average Bonchev–Trinajstić information content (AvgIpc) is 2.80. The lowest BCUT2D eigenvalue weighted by atomic mass is 9.62. The molecule has 0 radical (unpaired) electrons. The number of methoxy groups -OCH3 is 1. The summed E-state index contributed by atoms with van der Waals surface area (Å²) in [5.74, 6) is -1.30. The van der Waals surface area contributed by atoms with Crippen LogP contribution in [0.2, 0.25) is 0 Å². The first-order valence-electron chi connectivity index (χ1n) is 11.7. The number of ether oxygens (including phenoxy) is 1. The third kappa shape index (κ3) is 4.74. The van der Waals surface area contributed by atoms with Crippen molar-refractivity contribution in [2.24, 2.45) is 5.41 Å². The number of hydrogen-bond donors (Lipinski definition) is 1. The van der Waals surface area contributed by atoms with Crippen molar-refractivity contribution in [3.8, 4) is 0 Å². The van der Waals surface area contributed by atoms with Crippen LogP contribution in [0.5, 0.6) is 0 Å². The third-order valence-corrected chi connectivity index (χ3v) is 8.12. The number of nitrogens with one attached hydrogen (secondary N) is 1. The summed E-state index contributed by atoms with van der Waals surface area (Å²) >= 11 is 3.25. The highest BCUT2D eigenvalue weighted by molar-refractivity contribution is 9.10. The van der Waals surface area contributed by atoms with Gasteiger partial charge in [-0.05, 0) is 73.5 Å². The number of nitrogens with zero attached hydrogens (tertiary/aromatic N) is 1. The Kier molecular flexibility index (Phi) is 7.33. The van der Waals surface area contributed by atoms with Crippen LogP contribution in [-0.2, 0) is 15.1 Å². The Morgan fingerprint density at radius 3 is 2.34 bits per heavy atom. The Morgan fingerprint density at radius 2 is 1.77 bits per heavy atom. The highest BCUT2D eigenvalue weighted by Gasteiger charge is 2.64. The number of hydrogen-bond acceptors (Lipinski definition) is 3. The van der Waals surface area contributed by atoms with E-state index in [1.165, 1.54) is 29.2 Å². The fourth-order valence-corrected chi connectivity index (χ4v) is 6.39. The number of carbonyl (C=O) groups is 1. The molecule has 2 saturated heterocycles. The van der Waals surface area contributed by atoms with Crippen LogP contribution in [0, 0.1) is 18.2 Å². The molecule has 2 fully saturated rings. The number of alkyl halides is 3. The van der Waals surface area contributed by atoms with Gasteiger partial charge in [0, 0.05) is 42.7 Å². The first-order valence-corrected chi connectivity index (χ1v) is 12.5. The first-order chi connectivity index (χ1) is 16.5. The molecule has 1 spiro atoms. The van der Waals surface area contributed by atoms with E-state index in [1.54, 1.807) is 25.1 Å². The molecule has 0 unspecified atom stereocenters. The summed E-state index contributed by atoms with van der Waals surface area (Å²) in [6.07, 6.45) is -2.97. The monoisotopic (exact) mass is 556 g/mol. The van der Waals surface area contributed by atoms with Crippen molar-refractivity contribution < 1.29 is 27.1 Å². The minimum Gasteiger partial charge on any atom is -0.356 e. The van der Waals surface area contributed by atoms with Gasteiger partial charge in [0.1, 0.15) is 5.82 Å². The van der Waals surface area contributed by atoms with E-state index >= 15 is 0 Å².